The number of thioether (sulfide) groups is 1. The number of carbonyl (C=O) groups excluding carboxylic acids is 1. The van der Waals surface area contributed by atoms with Crippen LogP contribution in [0.4, 0.5) is 0 Å². The molecule has 3 rings (SSSR count). The first-order valence-electron chi connectivity index (χ1n) is 8.51. The van der Waals surface area contributed by atoms with Gasteiger partial charge in [0.15, 0.2) is 5.16 Å². The quantitative estimate of drug-likeness (QED) is 0.637. The summed E-state index contributed by atoms with van der Waals surface area (Å²) in [6.45, 7) is 5.46. The zero-order chi connectivity index (χ0) is 17.8. The first kappa shape index (κ1) is 17.5. The molecule has 5 heteroatoms. The van der Waals surface area contributed by atoms with Gasteiger partial charge >= 0.3 is 0 Å². The highest BCUT2D eigenvalue weighted by atomic mass is 32.2. The molecule has 1 amide bonds. The number of hydrogen-bond donors (Lipinski definition) is 1. The van der Waals surface area contributed by atoms with E-state index >= 15 is 0 Å². The monoisotopic (exact) mass is 353 g/mol. The number of imidazole rings is 1. The SMILES string of the molecule is CC(C)CCn1c(SCc2ccc(C(N)=O)cc2)nc2ccccc21. The van der Waals surface area contributed by atoms with Crippen LogP contribution in [0.5, 0.6) is 0 Å². The average molecular weight is 353 g/mol. The van der Waals surface area contributed by atoms with Gasteiger partial charge in [-0.25, -0.2) is 4.98 Å². The molecule has 0 spiro atoms. The maximum atomic E-state index is 11.2. The maximum absolute atomic E-state index is 11.2. The third kappa shape index (κ3) is 4.23. The topological polar surface area (TPSA) is 60.9 Å². The molecule has 4 nitrogen and oxygen atoms in total. The van der Waals surface area contributed by atoms with E-state index in [4.69, 9.17) is 10.7 Å². The number of aromatic nitrogens is 2. The van der Waals surface area contributed by atoms with Crippen molar-refractivity contribution in [3.05, 3.63) is 59.7 Å². The van der Waals surface area contributed by atoms with Gasteiger partial charge in [0.05, 0.1) is 11.0 Å². The number of benzene rings is 2. The lowest BCUT2D eigenvalue weighted by atomic mass is 10.1. The van der Waals surface area contributed by atoms with E-state index in [1.807, 2.05) is 18.2 Å². The second kappa shape index (κ2) is 7.74. The average Bonchev–Trinajstić information content (AvgIpc) is 2.96. The Bertz CT molecular complexity index is 868. The molecule has 0 radical (unpaired) electrons. The van der Waals surface area contributed by atoms with Gasteiger partial charge in [0.2, 0.25) is 5.91 Å². The summed E-state index contributed by atoms with van der Waals surface area (Å²) >= 11 is 1.73. The van der Waals surface area contributed by atoms with Crippen molar-refractivity contribution in [2.45, 2.75) is 37.7 Å². The predicted octanol–water partition coefficient (Wildman–Crippen LogP) is 4.47. The summed E-state index contributed by atoms with van der Waals surface area (Å²) in [5.74, 6) is 1.07. The van der Waals surface area contributed by atoms with Gasteiger partial charge in [-0.05, 0) is 42.2 Å². The highest BCUT2D eigenvalue weighted by molar-refractivity contribution is 7.98. The molecule has 25 heavy (non-hydrogen) atoms. The van der Waals surface area contributed by atoms with Crippen LogP contribution in [-0.4, -0.2) is 15.5 Å². The predicted molar refractivity (Wildman–Crippen MR) is 104 cm³/mol. The third-order valence-electron chi connectivity index (χ3n) is 4.16. The van der Waals surface area contributed by atoms with Gasteiger partial charge in [-0.1, -0.05) is 49.9 Å². The smallest absolute Gasteiger partial charge is 0.248 e. The molecule has 0 aliphatic heterocycles. The van der Waals surface area contributed by atoms with Crippen molar-refractivity contribution in [1.29, 1.82) is 0 Å². The molecule has 0 bridgehead atoms. The van der Waals surface area contributed by atoms with Crippen LogP contribution in [-0.2, 0) is 12.3 Å². The van der Waals surface area contributed by atoms with Crippen LogP contribution in [0.1, 0.15) is 36.2 Å². The van der Waals surface area contributed by atoms with Crippen molar-refractivity contribution in [3.8, 4) is 0 Å². The fourth-order valence-corrected chi connectivity index (χ4v) is 3.68. The fraction of sp³-hybridized carbons (Fsp3) is 0.300. The van der Waals surface area contributed by atoms with Gasteiger partial charge in [-0.15, -0.1) is 0 Å². The Labute approximate surface area is 152 Å². The van der Waals surface area contributed by atoms with Crippen molar-refractivity contribution >= 4 is 28.7 Å². The second-order valence-corrected chi connectivity index (χ2v) is 7.51. The fourth-order valence-electron chi connectivity index (χ4n) is 2.68. The zero-order valence-corrected chi connectivity index (χ0v) is 15.4. The molecule has 1 aromatic heterocycles. The molecule has 2 aromatic carbocycles. The van der Waals surface area contributed by atoms with E-state index in [0.29, 0.717) is 11.5 Å². The summed E-state index contributed by atoms with van der Waals surface area (Å²) in [6.07, 6.45) is 1.13. The molecule has 0 saturated carbocycles. The molecule has 130 valence electrons. The number of para-hydroxylation sites is 2. The number of primary amides is 1. The largest absolute Gasteiger partial charge is 0.366 e. The summed E-state index contributed by atoms with van der Waals surface area (Å²) in [7, 11) is 0. The van der Waals surface area contributed by atoms with E-state index in [1.54, 1.807) is 23.9 Å². The van der Waals surface area contributed by atoms with Gasteiger partial charge in [0.25, 0.3) is 0 Å². The normalized spacial score (nSPS) is 11.3. The van der Waals surface area contributed by atoms with Gasteiger partial charge in [0.1, 0.15) is 0 Å². The number of rotatable bonds is 7. The standard InChI is InChI=1S/C20H23N3OS/c1-14(2)11-12-23-18-6-4-3-5-17(18)22-20(23)25-13-15-7-9-16(10-8-15)19(21)24/h3-10,14H,11-13H2,1-2H3,(H2,21,24). The minimum Gasteiger partial charge on any atom is -0.366 e. The Morgan fingerprint density at radius 3 is 2.56 bits per heavy atom. The molecule has 0 unspecified atom stereocenters. The van der Waals surface area contributed by atoms with Crippen LogP contribution in [0, 0.1) is 5.92 Å². The lowest BCUT2D eigenvalue weighted by molar-refractivity contribution is 0.100. The van der Waals surface area contributed by atoms with Crippen molar-refractivity contribution in [1.82, 2.24) is 9.55 Å². The second-order valence-electron chi connectivity index (χ2n) is 6.57. The Morgan fingerprint density at radius 1 is 1.16 bits per heavy atom. The van der Waals surface area contributed by atoms with Gasteiger partial charge in [-0.3, -0.25) is 4.79 Å². The molecule has 0 atom stereocenters. The van der Waals surface area contributed by atoms with Gasteiger partial charge in [-0.2, -0.15) is 0 Å². The molecule has 0 fully saturated rings. The Morgan fingerprint density at radius 2 is 1.88 bits per heavy atom. The Balaban J connectivity index is 1.80. The zero-order valence-electron chi connectivity index (χ0n) is 14.6. The van der Waals surface area contributed by atoms with Crippen molar-refractivity contribution < 1.29 is 4.79 Å². The molecular weight excluding hydrogens is 330 g/mol. The van der Waals surface area contributed by atoms with E-state index in [2.05, 4.69) is 36.6 Å². The molecule has 0 aliphatic rings. The molecule has 0 aliphatic carbocycles. The summed E-state index contributed by atoms with van der Waals surface area (Å²) in [5, 5.41) is 1.04. The first-order chi connectivity index (χ1) is 12.0. The highest BCUT2D eigenvalue weighted by Gasteiger charge is 2.12. The van der Waals surface area contributed by atoms with Gasteiger partial charge in [0, 0.05) is 17.9 Å². The van der Waals surface area contributed by atoms with E-state index in [0.717, 1.165) is 35.0 Å². The van der Waals surface area contributed by atoms with Crippen LogP contribution in [0.15, 0.2) is 53.7 Å². The number of fused-ring (bicyclic) bond motifs is 1. The lowest BCUT2D eigenvalue weighted by Crippen LogP contribution is -2.10. The number of carbonyl (C=O) groups is 1. The number of nitrogens with zero attached hydrogens (tertiary/aromatic N) is 2. The maximum Gasteiger partial charge on any atom is 0.248 e. The van der Waals surface area contributed by atoms with Crippen molar-refractivity contribution in [2.24, 2.45) is 11.7 Å². The first-order valence-corrected chi connectivity index (χ1v) is 9.50. The summed E-state index contributed by atoms with van der Waals surface area (Å²) in [4.78, 5) is 16.0. The van der Waals surface area contributed by atoms with E-state index < -0.39 is 5.91 Å². The van der Waals surface area contributed by atoms with Crippen LogP contribution < -0.4 is 5.73 Å². The molecule has 0 saturated heterocycles. The summed E-state index contributed by atoms with van der Waals surface area (Å²) < 4.78 is 2.32. The van der Waals surface area contributed by atoms with E-state index in [-0.39, 0.29) is 0 Å². The minimum absolute atomic E-state index is 0.394. The van der Waals surface area contributed by atoms with Gasteiger partial charge < -0.3 is 10.3 Å². The molecular formula is C20H23N3OS. The number of amides is 1. The van der Waals surface area contributed by atoms with Crippen LogP contribution in [0.3, 0.4) is 0 Å². The van der Waals surface area contributed by atoms with E-state index in [9.17, 15) is 4.79 Å². The molecule has 1 heterocycles. The van der Waals surface area contributed by atoms with Crippen LogP contribution >= 0.6 is 11.8 Å². The van der Waals surface area contributed by atoms with Crippen molar-refractivity contribution in [2.75, 3.05) is 0 Å². The number of nitrogens with two attached hydrogens (primary N) is 1. The highest BCUT2D eigenvalue weighted by Crippen LogP contribution is 2.27. The minimum atomic E-state index is -0.394. The Hall–Kier alpha value is -2.27. The molecule has 2 N–H and O–H groups in total. The number of hydrogen-bond acceptors (Lipinski definition) is 3. The Kier molecular flexibility index (Phi) is 5.43. The lowest BCUT2D eigenvalue weighted by Gasteiger charge is -2.10. The number of aryl methyl sites for hydroxylation is 1. The van der Waals surface area contributed by atoms with Crippen molar-refractivity contribution in [3.63, 3.8) is 0 Å². The third-order valence-corrected chi connectivity index (χ3v) is 5.20. The summed E-state index contributed by atoms with van der Waals surface area (Å²) in [5.41, 5.74) is 9.21. The van der Waals surface area contributed by atoms with Crippen LogP contribution in [0.25, 0.3) is 11.0 Å². The van der Waals surface area contributed by atoms with Crippen LogP contribution in [0.2, 0.25) is 0 Å². The summed E-state index contributed by atoms with van der Waals surface area (Å²) in [6, 6.07) is 15.7. The van der Waals surface area contributed by atoms with E-state index in [1.165, 1.54) is 5.52 Å². The molecule has 3 aromatic rings.